The fourth-order valence-corrected chi connectivity index (χ4v) is 3.29. The number of piperidine rings is 1. The van der Waals surface area contributed by atoms with E-state index in [2.05, 4.69) is 19.2 Å². The molecular weight excluding hydrogens is 316 g/mol. The number of hydrogen-bond donors (Lipinski definition) is 1. The van der Waals surface area contributed by atoms with E-state index in [0.29, 0.717) is 38.5 Å². The zero-order valence-corrected chi connectivity index (χ0v) is 15.7. The second-order valence-corrected chi connectivity index (χ2v) is 7.22. The summed E-state index contributed by atoms with van der Waals surface area (Å²) in [6.45, 7) is 7.81. The Morgan fingerprint density at radius 2 is 2.00 bits per heavy atom. The van der Waals surface area contributed by atoms with Crippen molar-refractivity contribution in [3.63, 3.8) is 0 Å². The zero-order chi connectivity index (χ0) is 18.4. The van der Waals surface area contributed by atoms with Crippen molar-refractivity contribution in [3.8, 4) is 0 Å². The van der Waals surface area contributed by atoms with Gasteiger partial charge in [0.05, 0.1) is 18.6 Å². The average Bonchev–Trinajstić information content (AvgIpc) is 2.59. The molecule has 1 N–H and O–H groups in total. The van der Waals surface area contributed by atoms with Crippen LogP contribution in [0.25, 0.3) is 0 Å². The van der Waals surface area contributed by atoms with Crippen molar-refractivity contribution in [1.82, 2.24) is 10.2 Å². The Labute approximate surface area is 150 Å². The van der Waals surface area contributed by atoms with Gasteiger partial charge in [-0.25, -0.2) is 0 Å². The Hall–Kier alpha value is -1.88. The lowest BCUT2D eigenvalue weighted by Gasteiger charge is -2.41. The Morgan fingerprint density at radius 3 is 2.60 bits per heavy atom. The van der Waals surface area contributed by atoms with Gasteiger partial charge in [0.25, 0.3) is 0 Å². The lowest BCUT2D eigenvalue weighted by Crippen LogP contribution is -2.49. The molecular formula is C20H30N2O3. The molecule has 1 saturated heterocycles. The molecule has 0 aliphatic carbocycles. The number of nitrogens with one attached hydrogen (secondary N) is 1. The average molecular weight is 346 g/mol. The number of nitrogens with zero attached hydrogens (tertiary/aromatic N) is 1. The van der Waals surface area contributed by atoms with Crippen molar-refractivity contribution in [2.45, 2.75) is 39.7 Å². The van der Waals surface area contributed by atoms with Crippen molar-refractivity contribution in [2.24, 2.45) is 11.8 Å². The number of carbonyl (C=O) groups is 2. The normalized spacial score (nSPS) is 20.8. The van der Waals surface area contributed by atoms with Crippen LogP contribution in [0.1, 0.15) is 43.9 Å². The first kappa shape index (κ1) is 19.4. The molecule has 0 radical (unpaired) electrons. The summed E-state index contributed by atoms with van der Waals surface area (Å²) in [7, 11) is 1.63. The van der Waals surface area contributed by atoms with Gasteiger partial charge in [-0.15, -0.1) is 0 Å². The van der Waals surface area contributed by atoms with E-state index in [9.17, 15) is 9.59 Å². The van der Waals surface area contributed by atoms with Gasteiger partial charge in [-0.3, -0.25) is 9.59 Å². The molecule has 1 aromatic rings. The lowest BCUT2D eigenvalue weighted by molar-refractivity contribution is -0.144. The third-order valence-corrected chi connectivity index (χ3v) is 4.68. The monoisotopic (exact) mass is 346 g/mol. The number of likely N-dealkylation sites (tertiary alicyclic amines) is 1. The van der Waals surface area contributed by atoms with Gasteiger partial charge >= 0.3 is 0 Å². The molecule has 0 spiro atoms. The topological polar surface area (TPSA) is 58.6 Å². The summed E-state index contributed by atoms with van der Waals surface area (Å²) in [6.07, 6.45) is 0.997. The van der Waals surface area contributed by atoms with E-state index in [4.69, 9.17) is 4.74 Å². The molecule has 5 heteroatoms. The van der Waals surface area contributed by atoms with E-state index in [-0.39, 0.29) is 23.8 Å². The van der Waals surface area contributed by atoms with Gasteiger partial charge in [-0.05, 0) is 24.8 Å². The number of amides is 2. The number of ether oxygens (including phenoxy) is 1. The molecule has 2 rings (SSSR count). The Kier molecular flexibility index (Phi) is 7.00. The maximum Gasteiger partial charge on any atom is 0.225 e. The van der Waals surface area contributed by atoms with Crippen LogP contribution in [0.4, 0.5) is 0 Å². The summed E-state index contributed by atoms with van der Waals surface area (Å²) in [4.78, 5) is 27.1. The molecule has 1 fully saturated rings. The third-order valence-electron chi connectivity index (χ3n) is 4.68. The summed E-state index contributed by atoms with van der Waals surface area (Å²) in [6, 6.07) is 7.89. The molecule has 5 nitrogen and oxygen atoms in total. The summed E-state index contributed by atoms with van der Waals surface area (Å²) in [5.41, 5.74) is 2.18. The maximum absolute atomic E-state index is 12.8. The van der Waals surface area contributed by atoms with Crippen LogP contribution >= 0.6 is 0 Å². The first-order chi connectivity index (χ1) is 11.9. The molecule has 25 heavy (non-hydrogen) atoms. The highest BCUT2D eigenvalue weighted by atomic mass is 16.5. The van der Waals surface area contributed by atoms with E-state index < -0.39 is 0 Å². The highest BCUT2D eigenvalue weighted by Gasteiger charge is 2.40. The molecule has 1 heterocycles. The van der Waals surface area contributed by atoms with Gasteiger partial charge in [0, 0.05) is 26.6 Å². The highest BCUT2D eigenvalue weighted by Crippen LogP contribution is 2.37. The van der Waals surface area contributed by atoms with Gasteiger partial charge in [0.1, 0.15) is 0 Å². The smallest absolute Gasteiger partial charge is 0.225 e. The number of hydrogen-bond acceptors (Lipinski definition) is 3. The number of rotatable bonds is 7. The van der Waals surface area contributed by atoms with Crippen LogP contribution < -0.4 is 5.32 Å². The number of carbonyl (C=O) groups excluding carboxylic acids is 2. The molecule has 1 aliphatic rings. The number of aryl methyl sites for hydroxylation is 1. The predicted molar refractivity (Wildman–Crippen MR) is 98.1 cm³/mol. The minimum Gasteiger partial charge on any atom is -0.383 e. The van der Waals surface area contributed by atoms with E-state index in [1.165, 1.54) is 0 Å². The Morgan fingerprint density at radius 1 is 1.32 bits per heavy atom. The standard InChI is InChI=1S/C20H30N2O3/c1-14(2)13-21-20(24)17-9-10-18(23)22(11-12-25-4)19(17)16-7-5-15(3)6-8-16/h5-8,14,17,19H,9-13H2,1-4H3,(H,21,24)/t17-,19-/m1/s1. The van der Waals surface area contributed by atoms with Gasteiger partial charge in [0.2, 0.25) is 11.8 Å². The molecule has 1 aliphatic heterocycles. The van der Waals surface area contributed by atoms with Crippen LogP contribution in [-0.4, -0.2) is 43.5 Å². The quantitative estimate of drug-likeness (QED) is 0.826. The molecule has 0 unspecified atom stereocenters. The van der Waals surface area contributed by atoms with Gasteiger partial charge < -0.3 is 15.0 Å². The molecule has 2 amide bonds. The second-order valence-electron chi connectivity index (χ2n) is 7.22. The summed E-state index contributed by atoms with van der Waals surface area (Å²) in [5.74, 6) is 0.303. The highest BCUT2D eigenvalue weighted by molar-refractivity contribution is 5.85. The molecule has 0 saturated carbocycles. The summed E-state index contributed by atoms with van der Waals surface area (Å²) in [5, 5.41) is 3.05. The van der Waals surface area contributed by atoms with Gasteiger partial charge in [0.15, 0.2) is 0 Å². The van der Waals surface area contributed by atoms with Crippen molar-refractivity contribution in [3.05, 3.63) is 35.4 Å². The molecule has 1 aromatic carbocycles. The van der Waals surface area contributed by atoms with Gasteiger partial charge in [-0.1, -0.05) is 43.7 Å². The minimum atomic E-state index is -0.232. The molecule has 0 bridgehead atoms. The molecule has 138 valence electrons. The first-order valence-electron chi connectivity index (χ1n) is 9.06. The van der Waals surface area contributed by atoms with Gasteiger partial charge in [-0.2, -0.15) is 0 Å². The van der Waals surface area contributed by atoms with Crippen molar-refractivity contribution < 1.29 is 14.3 Å². The predicted octanol–water partition coefficient (Wildman–Crippen LogP) is 2.69. The van der Waals surface area contributed by atoms with Crippen molar-refractivity contribution >= 4 is 11.8 Å². The van der Waals surface area contributed by atoms with Crippen LogP contribution in [0.2, 0.25) is 0 Å². The van der Waals surface area contributed by atoms with E-state index in [1.807, 2.05) is 36.1 Å². The van der Waals surface area contributed by atoms with Crippen LogP contribution in [0.15, 0.2) is 24.3 Å². The number of benzene rings is 1. The van der Waals surface area contributed by atoms with Crippen molar-refractivity contribution in [1.29, 1.82) is 0 Å². The number of methoxy groups -OCH3 is 1. The zero-order valence-electron chi connectivity index (χ0n) is 15.7. The molecule has 2 atom stereocenters. The minimum absolute atomic E-state index is 0.0363. The summed E-state index contributed by atoms with van der Waals surface area (Å²) >= 11 is 0. The second kappa shape index (κ2) is 8.99. The van der Waals surface area contributed by atoms with E-state index >= 15 is 0 Å². The largest absolute Gasteiger partial charge is 0.383 e. The Balaban J connectivity index is 2.29. The van der Waals surface area contributed by atoms with Crippen LogP contribution in [-0.2, 0) is 14.3 Å². The Bertz CT molecular complexity index is 583. The third kappa shape index (κ3) is 5.05. The van der Waals surface area contributed by atoms with Crippen LogP contribution in [0.5, 0.6) is 0 Å². The van der Waals surface area contributed by atoms with Crippen LogP contribution in [0, 0.1) is 18.8 Å². The maximum atomic E-state index is 12.8. The fourth-order valence-electron chi connectivity index (χ4n) is 3.29. The van der Waals surface area contributed by atoms with Crippen LogP contribution in [0.3, 0.4) is 0 Å². The van der Waals surface area contributed by atoms with E-state index in [0.717, 1.165) is 11.1 Å². The molecule has 0 aromatic heterocycles. The summed E-state index contributed by atoms with van der Waals surface area (Å²) < 4.78 is 5.18. The SMILES string of the molecule is COCCN1C(=O)CC[C@@H](C(=O)NCC(C)C)[C@H]1c1ccc(C)cc1. The first-order valence-corrected chi connectivity index (χ1v) is 9.06. The lowest BCUT2D eigenvalue weighted by atomic mass is 9.83. The van der Waals surface area contributed by atoms with Crippen molar-refractivity contribution in [2.75, 3.05) is 26.8 Å². The van der Waals surface area contributed by atoms with E-state index in [1.54, 1.807) is 7.11 Å². The fraction of sp³-hybridized carbons (Fsp3) is 0.600.